The molecule has 170 valence electrons. The van der Waals surface area contributed by atoms with Gasteiger partial charge in [-0.1, -0.05) is 47.5 Å². The fourth-order valence-electron chi connectivity index (χ4n) is 4.34. The molecular weight excluding hydrogens is 434 g/mol. The average molecular weight is 462 g/mol. The zero-order chi connectivity index (χ0) is 23.4. The number of amides is 2. The van der Waals surface area contributed by atoms with E-state index in [0.29, 0.717) is 35.8 Å². The van der Waals surface area contributed by atoms with Gasteiger partial charge >= 0.3 is 0 Å². The van der Waals surface area contributed by atoms with Crippen LogP contribution in [0.2, 0.25) is 5.02 Å². The van der Waals surface area contributed by atoms with Gasteiger partial charge in [-0.3, -0.25) is 14.6 Å². The van der Waals surface area contributed by atoms with Crippen molar-refractivity contribution in [3.8, 4) is 0 Å². The largest absolute Gasteiger partial charge is 0.348 e. The molecule has 2 heterocycles. The zero-order valence-electron chi connectivity index (χ0n) is 19.0. The van der Waals surface area contributed by atoms with Gasteiger partial charge in [0.1, 0.15) is 0 Å². The van der Waals surface area contributed by atoms with Gasteiger partial charge < -0.3 is 10.2 Å². The van der Waals surface area contributed by atoms with Gasteiger partial charge in [-0.15, -0.1) is 0 Å². The molecule has 0 unspecified atom stereocenters. The van der Waals surface area contributed by atoms with Crippen molar-refractivity contribution in [2.45, 2.75) is 39.2 Å². The Bertz CT molecular complexity index is 1170. The van der Waals surface area contributed by atoms with Crippen molar-refractivity contribution in [2.24, 2.45) is 0 Å². The summed E-state index contributed by atoms with van der Waals surface area (Å²) in [6, 6.07) is 18.9. The minimum atomic E-state index is -0.114. The normalized spacial score (nSPS) is 14.2. The molecule has 1 aromatic heterocycles. The quantitative estimate of drug-likeness (QED) is 0.560. The molecule has 0 saturated carbocycles. The molecule has 6 heteroatoms. The van der Waals surface area contributed by atoms with E-state index in [0.717, 1.165) is 29.8 Å². The molecule has 0 radical (unpaired) electrons. The molecule has 0 spiro atoms. The topological polar surface area (TPSA) is 62.3 Å². The van der Waals surface area contributed by atoms with Crippen molar-refractivity contribution >= 4 is 23.4 Å². The molecular formula is C27H28ClN3O2. The summed E-state index contributed by atoms with van der Waals surface area (Å²) in [5.74, 6) is 0.00810. The maximum absolute atomic E-state index is 13.0. The summed E-state index contributed by atoms with van der Waals surface area (Å²) in [6.07, 6.45) is 1.53. The van der Waals surface area contributed by atoms with E-state index in [1.54, 1.807) is 24.3 Å². The maximum atomic E-state index is 13.0. The van der Waals surface area contributed by atoms with Gasteiger partial charge in [0.25, 0.3) is 11.8 Å². The number of rotatable bonds is 5. The van der Waals surface area contributed by atoms with Crippen molar-refractivity contribution in [1.82, 2.24) is 15.2 Å². The van der Waals surface area contributed by atoms with Crippen LogP contribution in [-0.2, 0) is 6.54 Å². The third kappa shape index (κ3) is 5.60. The van der Waals surface area contributed by atoms with Crippen LogP contribution in [-0.4, -0.2) is 34.8 Å². The highest BCUT2D eigenvalue weighted by Gasteiger charge is 2.28. The zero-order valence-corrected chi connectivity index (χ0v) is 19.7. The number of nitrogens with one attached hydrogen (secondary N) is 1. The van der Waals surface area contributed by atoms with Crippen molar-refractivity contribution < 1.29 is 9.59 Å². The molecule has 1 fully saturated rings. The predicted octanol–water partition coefficient (Wildman–Crippen LogP) is 5.30. The third-order valence-electron chi connectivity index (χ3n) is 6.08. The molecule has 1 N–H and O–H groups in total. The summed E-state index contributed by atoms with van der Waals surface area (Å²) in [5.41, 5.74) is 5.17. The van der Waals surface area contributed by atoms with Crippen LogP contribution in [0.25, 0.3) is 0 Å². The van der Waals surface area contributed by atoms with Crippen molar-refractivity contribution in [2.75, 3.05) is 13.1 Å². The van der Waals surface area contributed by atoms with Gasteiger partial charge in [0.15, 0.2) is 0 Å². The average Bonchev–Trinajstić information content (AvgIpc) is 2.82. The smallest absolute Gasteiger partial charge is 0.253 e. The van der Waals surface area contributed by atoms with Crippen LogP contribution in [0.1, 0.15) is 62.0 Å². The Morgan fingerprint density at radius 2 is 1.79 bits per heavy atom. The lowest BCUT2D eigenvalue weighted by Gasteiger charge is -2.32. The fraction of sp³-hybridized carbons (Fsp3) is 0.296. The van der Waals surface area contributed by atoms with Crippen LogP contribution >= 0.6 is 11.6 Å². The second-order valence-corrected chi connectivity index (χ2v) is 9.07. The van der Waals surface area contributed by atoms with Gasteiger partial charge in [-0.25, -0.2) is 0 Å². The molecule has 5 nitrogen and oxygen atoms in total. The van der Waals surface area contributed by atoms with E-state index in [9.17, 15) is 9.59 Å². The second kappa shape index (κ2) is 10.2. The summed E-state index contributed by atoms with van der Waals surface area (Å²) in [5, 5.41) is 3.60. The first kappa shape index (κ1) is 23.0. The molecule has 0 bridgehead atoms. The predicted molar refractivity (Wildman–Crippen MR) is 131 cm³/mol. The van der Waals surface area contributed by atoms with Crippen LogP contribution in [0.15, 0.2) is 60.7 Å². The molecule has 3 aromatic rings. The standard InChI is InChI=1S/C27H28ClN3O2/c1-18-5-3-6-20(15-18)17-29-26(32)24-10-9-19(2)30-25(24)21-11-13-31(14-12-21)27(33)22-7-4-8-23(28)16-22/h3-10,15-16,21H,11-14,17H2,1-2H3,(H,29,32). The Balaban J connectivity index is 1.44. The molecule has 2 aromatic carbocycles. The molecule has 0 atom stereocenters. The SMILES string of the molecule is Cc1cccc(CNC(=O)c2ccc(C)nc2C2CCN(C(=O)c3cccc(Cl)c3)CC2)c1. The molecule has 33 heavy (non-hydrogen) atoms. The van der Waals surface area contributed by atoms with Crippen LogP contribution in [0.4, 0.5) is 0 Å². The minimum Gasteiger partial charge on any atom is -0.348 e. The number of hydrogen-bond donors (Lipinski definition) is 1. The van der Waals surface area contributed by atoms with E-state index < -0.39 is 0 Å². The number of benzene rings is 2. The van der Waals surface area contributed by atoms with Crippen LogP contribution in [0.5, 0.6) is 0 Å². The number of aromatic nitrogens is 1. The van der Waals surface area contributed by atoms with E-state index in [-0.39, 0.29) is 17.7 Å². The van der Waals surface area contributed by atoms with Crippen LogP contribution in [0, 0.1) is 13.8 Å². The first-order valence-electron chi connectivity index (χ1n) is 11.3. The Morgan fingerprint density at radius 3 is 2.52 bits per heavy atom. The van der Waals surface area contributed by atoms with E-state index in [2.05, 4.69) is 11.4 Å². The number of pyridine rings is 1. The molecule has 0 aliphatic carbocycles. The number of carbonyl (C=O) groups excluding carboxylic acids is 2. The fourth-order valence-corrected chi connectivity index (χ4v) is 4.53. The van der Waals surface area contributed by atoms with Gasteiger partial charge in [0, 0.05) is 41.8 Å². The first-order chi connectivity index (χ1) is 15.9. The van der Waals surface area contributed by atoms with Crippen molar-refractivity contribution in [3.63, 3.8) is 0 Å². The lowest BCUT2D eigenvalue weighted by Crippen LogP contribution is -2.38. The highest BCUT2D eigenvalue weighted by atomic mass is 35.5. The van der Waals surface area contributed by atoms with Gasteiger partial charge in [0.05, 0.1) is 11.3 Å². The Hall–Kier alpha value is -3.18. The van der Waals surface area contributed by atoms with Gasteiger partial charge in [-0.2, -0.15) is 0 Å². The number of hydrogen-bond acceptors (Lipinski definition) is 3. The highest BCUT2D eigenvalue weighted by molar-refractivity contribution is 6.30. The van der Waals surface area contributed by atoms with E-state index in [1.165, 1.54) is 5.56 Å². The van der Waals surface area contributed by atoms with E-state index in [1.807, 2.05) is 49.1 Å². The molecule has 1 saturated heterocycles. The second-order valence-electron chi connectivity index (χ2n) is 8.63. The number of likely N-dealkylation sites (tertiary alicyclic amines) is 1. The number of aryl methyl sites for hydroxylation is 2. The number of piperidine rings is 1. The summed E-state index contributed by atoms with van der Waals surface area (Å²) in [7, 11) is 0. The summed E-state index contributed by atoms with van der Waals surface area (Å²) >= 11 is 6.05. The molecule has 1 aliphatic heterocycles. The maximum Gasteiger partial charge on any atom is 0.253 e. The summed E-state index contributed by atoms with van der Waals surface area (Å²) < 4.78 is 0. The molecule has 2 amide bonds. The molecule has 4 rings (SSSR count). The lowest BCUT2D eigenvalue weighted by molar-refractivity contribution is 0.0710. The van der Waals surface area contributed by atoms with Crippen LogP contribution in [0.3, 0.4) is 0 Å². The Labute approximate surface area is 199 Å². The Kier molecular flexibility index (Phi) is 7.09. The highest BCUT2D eigenvalue weighted by Crippen LogP contribution is 2.30. The summed E-state index contributed by atoms with van der Waals surface area (Å²) in [4.78, 5) is 32.5. The number of halogens is 1. The van der Waals surface area contributed by atoms with Crippen molar-refractivity contribution in [3.05, 3.63) is 99.3 Å². The third-order valence-corrected chi connectivity index (χ3v) is 6.32. The first-order valence-corrected chi connectivity index (χ1v) is 11.6. The lowest BCUT2D eigenvalue weighted by atomic mass is 9.89. The Morgan fingerprint density at radius 1 is 1.03 bits per heavy atom. The number of carbonyl (C=O) groups is 2. The minimum absolute atomic E-state index is 0.00993. The molecule has 1 aliphatic rings. The van der Waals surface area contributed by atoms with Crippen molar-refractivity contribution in [1.29, 1.82) is 0 Å². The van der Waals surface area contributed by atoms with E-state index >= 15 is 0 Å². The van der Waals surface area contributed by atoms with Gasteiger partial charge in [-0.05, 0) is 62.6 Å². The monoisotopic (exact) mass is 461 g/mol. The number of nitrogens with zero attached hydrogens (tertiary/aromatic N) is 2. The van der Waals surface area contributed by atoms with Gasteiger partial charge in [0.2, 0.25) is 0 Å². The van der Waals surface area contributed by atoms with E-state index in [4.69, 9.17) is 16.6 Å². The summed E-state index contributed by atoms with van der Waals surface area (Å²) in [6.45, 7) is 5.69. The van der Waals surface area contributed by atoms with Crippen LogP contribution < -0.4 is 5.32 Å².